The van der Waals surface area contributed by atoms with Crippen molar-refractivity contribution in [2.75, 3.05) is 0 Å². The molecule has 2 rings (SSSR count). The second kappa shape index (κ2) is 3.06. The van der Waals surface area contributed by atoms with Crippen molar-refractivity contribution in [3.63, 3.8) is 0 Å². The summed E-state index contributed by atoms with van der Waals surface area (Å²) in [5.41, 5.74) is 5.37. The van der Waals surface area contributed by atoms with Gasteiger partial charge in [-0.25, -0.2) is 0 Å². The molecular formula is C12H16O. The predicted octanol–water partition coefficient (Wildman–Crippen LogP) is 2.75. The minimum atomic E-state index is 0.484. The first kappa shape index (κ1) is 8.61. The van der Waals surface area contributed by atoms with Gasteiger partial charge in [0.1, 0.15) is 5.75 Å². The molecule has 0 aromatic heterocycles. The van der Waals surface area contributed by atoms with E-state index in [4.69, 9.17) is 0 Å². The lowest BCUT2D eigenvalue weighted by molar-refractivity contribution is 0.469. The van der Waals surface area contributed by atoms with Crippen molar-refractivity contribution in [2.45, 2.75) is 39.5 Å². The van der Waals surface area contributed by atoms with Crippen LogP contribution in [0.2, 0.25) is 0 Å². The zero-order valence-electron chi connectivity index (χ0n) is 8.35. The van der Waals surface area contributed by atoms with Crippen molar-refractivity contribution in [3.05, 3.63) is 28.3 Å². The van der Waals surface area contributed by atoms with Crippen LogP contribution >= 0.6 is 0 Å². The van der Waals surface area contributed by atoms with Crippen LogP contribution in [0.3, 0.4) is 0 Å². The number of aryl methyl sites for hydroxylation is 1. The highest BCUT2D eigenvalue weighted by atomic mass is 16.3. The van der Waals surface area contributed by atoms with Crippen molar-refractivity contribution in [3.8, 4) is 5.75 Å². The lowest BCUT2D eigenvalue weighted by Crippen LogP contribution is -1.94. The van der Waals surface area contributed by atoms with Gasteiger partial charge in [-0.15, -0.1) is 0 Å². The fraction of sp³-hybridized carbons (Fsp3) is 0.500. The molecule has 70 valence electrons. The van der Waals surface area contributed by atoms with Crippen LogP contribution in [0.4, 0.5) is 0 Å². The van der Waals surface area contributed by atoms with E-state index in [1.54, 1.807) is 0 Å². The minimum Gasteiger partial charge on any atom is -0.508 e. The third-order valence-corrected chi connectivity index (χ3v) is 3.13. The molecule has 0 amide bonds. The zero-order chi connectivity index (χ0) is 9.42. The van der Waals surface area contributed by atoms with Gasteiger partial charge in [0.05, 0.1) is 0 Å². The van der Waals surface area contributed by atoms with Crippen molar-refractivity contribution in [1.82, 2.24) is 0 Å². The van der Waals surface area contributed by atoms with Crippen LogP contribution in [0.1, 0.15) is 35.6 Å². The molecule has 0 bridgehead atoms. The fourth-order valence-electron chi connectivity index (χ4n) is 2.34. The van der Waals surface area contributed by atoms with Crippen molar-refractivity contribution < 1.29 is 5.11 Å². The molecule has 0 saturated carbocycles. The molecule has 1 aromatic rings. The highest BCUT2D eigenvalue weighted by Crippen LogP contribution is 2.33. The van der Waals surface area contributed by atoms with E-state index < -0.39 is 0 Å². The molecule has 1 aliphatic rings. The molecule has 0 unspecified atom stereocenters. The summed E-state index contributed by atoms with van der Waals surface area (Å²) in [4.78, 5) is 0. The van der Waals surface area contributed by atoms with Gasteiger partial charge in [0.25, 0.3) is 0 Å². The lowest BCUT2D eigenvalue weighted by Gasteiger charge is -2.11. The summed E-state index contributed by atoms with van der Waals surface area (Å²) >= 11 is 0. The SMILES string of the molecule is CCc1cc(O)c(C)c2c1CCC2. The average Bonchev–Trinajstić information content (AvgIpc) is 2.60. The van der Waals surface area contributed by atoms with E-state index >= 15 is 0 Å². The third-order valence-electron chi connectivity index (χ3n) is 3.13. The van der Waals surface area contributed by atoms with Crippen molar-refractivity contribution >= 4 is 0 Å². The minimum absolute atomic E-state index is 0.484. The Balaban J connectivity index is 2.64. The van der Waals surface area contributed by atoms with Gasteiger partial charge in [0.2, 0.25) is 0 Å². The number of rotatable bonds is 1. The standard InChI is InChI=1S/C12H16O/c1-3-9-7-12(13)8(2)10-5-4-6-11(9)10/h7,13H,3-6H2,1-2H3. The van der Waals surface area contributed by atoms with E-state index in [0.29, 0.717) is 5.75 Å². The maximum Gasteiger partial charge on any atom is 0.119 e. The van der Waals surface area contributed by atoms with E-state index in [0.717, 1.165) is 18.4 Å². The van der Waals surface area contributed by atoms with Crippen LogP contribution in [0.5, 0.6) is 5.75 Å². The third kappa shape index (κ3) is 1.23. The predicted molar refractivity (Wildman–Crippen MR) is 54.2 cm³/mol. The van der Waals surface area contributed by atoms with E-state index in [1.165, 1.54) is 29.5 Å². The van der Waals surface area contributed by atoms with E-state index in [-0.39, 0.29) is 0 Å². The van der Waals surface area contributed by atoms with Gasteiger partial charge in [-0.2, -0.15) is 0 Å². The topological polar surface area (TPSA) is 20.2 Å². The first-order valence-electron chi connectivity index (χ1n) is 5.07. The summed E-state index contributed by atoms with van der Waals surface area (Å²) in [5.74, 6) is 0.484. The number of aromatic hydroxyl groups is 1. The van der Waals surface area contributed by atoms with Crippen molar-refractivity contribution in [1.29, 1.82) is 0 Å². The van der Waals surface area contributed by atoms with Crippen LogP contribution in [0, 0.1) is 6.92 Å². The molecule has 1 aliphatic carbocycles. The molecule has 1 heteroatoms. The summed E-state index contributed by atoms with van der Waals surface area (Å²) in [6.07, 6.45) is 4.66. The highest BCUT2D eigenvalue weighted by molar-refractivity contribution is 5.50. The molecule has 0 fully saturated rings. The highest BCUT2D eigenvalue weighted by Gasteiger charge is 2.18. The van der Waals surface area contributed by atoms with E-state index in [2.05, 4.69) is 6.92 Å². The molecule has 0 heterocycles. The molecule has 0 atom stereocenters. The van der Waals surface area contributed by atoms with Gasteiger partial charge in [-0.05, 0) is 60.9 Å². The van der Waals surface area contributed by atoms with Gasteiger partial charge in [-0.3, -0.25) is 0 Å². The summed E-state index contributed by atoms with van der Waals surface area (Å²) < 4.78 is 0. The Morgan fingerprint density at radius 3 is 2.69 bits per heavy atom. The van der Waals surface area contributed by atoms with Crippen LogP contribution < -0.4 is 0 Å². The largest absolute Gasteiger partial charge is 0.508 e. The number of hydrogen-bond donors (Lipinski definition) is 1. The summed E-state index contributed by atoms with van der Waals surface area (Å²) in [5, 5.41) is 9.70. The normalized spacial score (nSPS) is 14.6. The molecule has 0 aliphatic heterocycles. The van der Waals surface area contributed by atoms with Gasteiger partial charge < -0.3 is 5.11 Å². The van der Waals surface area contributed by atoms with Gasteiger partial charge >= 0.3 is 0 Å². The van der Waals surface area contributed by atoms with Gasteiger partial charge in [0.15, 0.2) is 0 Å². The zero-order valence-corrected chi connectivity index (χ0v) is 8.35. The number of fused-ring (bicyclic) bond motifs is 1. The Labute approximate surface area is 79.4 Å². The molecule has 1 nitrogen and oxygen atoms in total. The lowest BCUT2D eigenvalue weighted by atomic mass is 9.96. The van der Waals surface area contributed by atoms with Crippen LogP contribution in [0.25, 0.3) is 0 Å². The van der Waals surface area contributed by atoms with Gasteiger partial charge in [0, 0.05) is 0 Å². The molecule has 13 heavy (non-hydrogen) atoms. The summed E-state index contributed by atoms with van der Waals surface area (Å²) in [6, 6.07) is 1.94. The molecule has 0 radical (unpaired) electrons. The van der Waals surface area contributed by atoms with Gasteiger partial charge in [-0.1, -0.05) is 6.92 Å². The number of phenolic OH excluding ortho intramolecular Hbond substituents is 1. The summed E-state index contributed by atoms with van der Waals surface area (Å²) in [6.45, 7) is 4.18. The Morgan fingerprint density at radius 1 is 1.31 bits per heavy atom. The maximum absolute atomic E-state index is 9.70. The Kier molecular flexibility index (Phi) is 2.03. The second-order valence-corrected chi connectivity index (χ2v) is 3.84. The number of benzene rings is 1. The average molecular weight is 176 g/mol. The number of hydrogen-bond acceptors (Lipinski definition) is 1. The quantitative estimate of drug-likeness (QED) is 0.697. The summed E-state index contributed by atoms with van der Waals surface area (Å²) in [7, 11) is 0. The monoisotopic (exact) mass is 176 g/mol. The molecular weight excluding hydrogens is 160 g/mol. The Bertz CT molecular complexity index is 339. The van der Waals surface area contributed by atoms with Crippen LogP contribution in [0.15, 0.2) is 6.07 Å². The fourth-order valence-corrected chi connectivity index (χ4v) is 2.34. The number of phenols is 1. The van der Waals surface area contributed by atoms with Crippen LogP contribution in [-0.4, -0.2) is 5.11 Å². The first-order chi connectivity index (χ1) is 6.24. The Morgan fingerprint density at radius 2 is 2.00 bits per heavy atom. The van der Waals surface area contributed by atoms with Crippen LogP contribution in [-0.2, 0) is 19.3 Å². The van der Waals surface area contributed by atoms with Crippen molar-refractivity contribution in [2.24, 2.45) is 0 Å². The molecule has 0 saturated heterocycles. The maximum atomic E-state index is 9.70. The molecule has 0 spiro atoms. The smallest absolute Gasteiger partial charge is 0.119 e. The molecule has 1 aromatic carbocycles. The molecule has 1 N–H and O–H groups in total. The second-order valence-electron chi connectivity index (χ2n) is 3.84. The first-order valence-corrected chi connectivity index (χ1v) is 5.07. The van der Waals surface area contributed by atoms with E-state index in [1.807, 2.05) is 13.0 Å². The van der Waals surface area contributed by atoms with E-state index in [9.17, 15) is 5.11 Å². The Hall–Kier alpha value is -0.980.